The smallest absolute Gasteiger partial charge is 0.345 e. The number of hydrogen-bond donors (Lipinski definition) is 4. The van der Waals surface area contributed by atoms with E-state index in [1.165, 1.54) is 12.1 Å². The van der Waals surface area contributed by atoms with Crippen LogP contribution in [0.5, 0.6) is 0 Å². The minimum Gasteiger partial charge on any atom is -0.595 e. The van der Waals surface area contributed by atoms with Gasteiger partial charge in [-0.2, -0.15) is 10.3 Å². The molecule has 2 aromatic carbocycles. The largest absolute Gasteiger partial charge is 0.595 e. The highest BCUT2D eigenvalue weighted by atomic mass is 32.2. The van der Waals surface area contributed by atoms with Gasteiger partial charge in [0.25, 0.3) is 0 Å². The Hall–Kier alpha value is -3.24. The van der Waals surface area contributed by atoms with Crippen LogP contribution in [-0.2, 0) is 0 Å². The SMILES string of the molecule is O=C(N/N=C(/c1ccccc1)c1ccccn1)NSc1ccc([NH+]([O-])O)cc1. The summed E-state index contributed by atoms with van der Waals surface area (Å²) < 4.78 is 2.60. The molecule has 0 aliphatic rings. The van der Waals surface area contributed by atoms with Gasteiger partial charge in [0, 0.05) is 28.8 Å². The number of rotatable bonds is 6. The molecule has 0 fully saturated rings. The van der Waals surface area contributed by atoms with Gasteiger partial charge in [0.05, 0.1) is 5.69 Å². The lowest BCUT2D eigenvalue weighted by Gasteiger charge is -2.11. The number of carbonyl (C=O) groups is 1. The van der Waals surface area contributed by atoms with Crippen molar-refractivity contribution < 1.29 is 15.2 Å². The van der Waals surface area contributed by atoms with E-state index in [1.54, 1.807) is 24.4 Å². The molecular weight excluding hydrogens is 378 g/mol. The Morgan fingerprint density at radius 2 is 1.75 bits per heavy atom. The molecule has 1 unspecified atom stereocenters. The predicted molar refractivity (Wildman–Crippen MR) is 106 cm³/mol. The summed E-state index contributed by atoms with van der Waals surface area (Å²) in [5.41, 5.74) is 4.63. The summed E-state index contributed by atoms with van der Waals surface area (Å²) in [6.07, 6.45) is 1.66. The van der Waals surface area contributed by atoms with Crippen molar-refractivity contribution in [2.75, 3.05) is 0 Å². The normalized spacial score (nSPS) is 12.3. The van der Waals surface area contributed by atoms with Crippen LogP contribution in [0.1, 0.15) is 11.3 Å². The highest BCUT2D eigenvalue weighted by Crippen LogP contribution is 2.15. The predicted octanol–water partition coefficient (Wildman–Crippen LogP) is 2.24. The van der Waals surface area contributed by atoms with Gasteiger partial charge in [-0.15, -0.1) is 0 Å². The van der Waals surface area contributed by atoms with Crippen molar-refractivity contribution in [2.24, 2.45) is 5.10 Å². The fraction of sp³-hybridized carbons (Fsp3) is 0. The monoisotopic (exact) mass is 395 g/mol. The molecule has 0 aliphatic carbocycles. The highest BCUT2D eigenvalue weighted by molar-refractivity contribution is 7.98. The van der Waals surface area contributed by atoms with Crippen molar-refractivity contribution in [3.63, 3.8) is 0 Å². The molecule has 1 atom stereocenters. The maximum atomic E-state index is 12.1. The molecule has 0 spiro atoms. The van der Waals surface area contributed by atoms with Crippen LogP contribution in [-0.4, -0.2) is 21.9 Å². The Bertz CT molecular complexity index is 893. The van der Waals surface area contributed by atoms with Gasteiger partial charge in [0.15, 0.2) is 5.69 Å². The summed E-state index contributed by atoms with van der Waals surface area (Å²) in [5.74, 6) is 0. The Balaban J connectivity index is 1.66. The summed E-state index contributed by atoms with van der Waals surface area (Å²) in [4.78, 5) is 17.1. The summed E-state index contributed by atoms with van der Waals surface area (Å²) in [5, 5.41) is 23.0. The number of nitrogens with one attached hydrogen (secondary N) is 3. The lowest BCUT2D eigenvalue weighted by molar-refractivity contribution is -0.991. The zero-order valence-corrected chi connectivity index (χ0v) is 15.4. The molecule has 3 aromatic rings. The van der Waals surface area contributed by atoms with Crippen molar-refractivity contribution in [1.29, 1.82) is 0 Å². The third-order valence-electron chi connectivity index (χ3n) is 3.59. The number of amides is 2. The molecule has 2 amide bonds. The molecule has 0 aliphatic heterocycles. The fourth-order valence-corrected chi connectivity index (χ4v) is 2.80. The molecule has 0 bridgehead atoms. The first-order valence-corrected chi connectivity index (χ1v) is 9.06. The van der Waals surface area contributed by atoms with Crippen LogP contribution in [0.15, 0.2) is 89.0 Å². The van der Waals surface area contributed by atoms with Crippen LogP contribution in [0.3, 0.4) is 0 Å². The Morgan fingerprint density at radius 3 is 2.39 bits per heavy atom. The van der Waals surface area contributed by atoms with E-state index in [0.717, 1.165) is 17.5 Å². The molecule has 1 heterocycles. The maximum Gasteiger partial charge on any atom is 0.345 e. The lowest BCUT2D eigenvalue weighted by atomic mass is 10.1. The summed E-state index contributed by atoms with van der Waals surface area (Å²) >= 11 is 1.05. The Labute approximate surface area is 165 Å². The minimum atomic E-state index is -1.00. The van der Waals surface area contributed by atoms with Gasteiger partial charge in [0.2, 0.25) is 0 Å². The topological polar surface area (TPSA) is 114 Å². The van der Waals surface area contributed by atoms with Crippen LogP contribution in [0.4, 0.5) is 10.5 Å². The molecular formula is C19H17N5O3S. The van der Waals surface area contributed by atoms with Crippen molar-refractivity contribution >= 4 is 29.4 Å². The average Bonchev–Trinajstić information content (AvgIpc) is 2.74. The number of hydrazone groups is 1. The van der Waals surface area contributed by atoms with Crippen molar-refractivity contribution in [3.05, 3.63) is 95.5 Å². The number of urea groups is 1. The number of aromatic nitrogens is 1. The van der Waals surface area contributed by atoms with E-state index >= 15 is 0 Å². The average molecular weight is 395 g/mol. The van der Waals surface area contributed by atoms with Crippen LogP contribution in [0, 0.1) is 5.21 Å². The van der Waals surface area contributed by atoms with E-state index in [9.17, 15) is 10.0 Å². The molecule has 8 nitrogen and oxygen atoms in total. The molecule has 142 valence electrons. The number of benzene rings is 2. The number of quaternary nitrogens is 1. The number of carbonyl (C=O) groups excluding carboxylic acids is 1. The van der Waals surface area contributed by atoms with Crippen LogP contribution < -0.4 is 15.4 Å². The van der Waals surface area contributed by atoms with Gasteiger partial charge in [-0.1, -0.05) is 36.4 Å². The highest BCUT2D eigenvalue weighted by Gasteiger charge is 2.09. The van der Waals surface area contributed by atoms with Crippen molar-refractivity contribution in [3.8, 4) is 0 Å². The quantitative estimate of drug-likeness (QED) is 0.290. The van der Waals surface area contributed by atoms with Gasteiger partial charge in [0.1, 0.15) is 5.71 Å². The van der Waals surface area contributed by atoms with E-state index < -0.39 is 11.3 Å². The Kier molecular flexibility index (Phi) is 6.71. The molecule has 0 saturated carbocycles. The van der Waals surface area contributed by atoms with Crippen LogP contribution >= 0.6 is 11.9 Å². The van der Waals surface area contributed by atoms with Gasteiger partial charge in [-0.05, 0) is 36.2 Å². The summed E-state index contributed by atoms with van der Waals surface area (Å²) in [6, 6.07) is 20.5. The third-order valence-corrected chi connectivity index (χ3v) is 4.38. The van der Waals surface area contributed by atoms with E-state index in [0.29, 0.717) is 16.3 Å². The summed E-state index contributed by atoms with van der Waals surface area (Å²) in [7, 11) is 0. The van der Waals surface area contributed by atoms with E-state index in [1.807, 2.05) is 42.5 Å². The first kappa shape index (κ1) is 19.5. The minimum absolute atomic E-state index is 0.182. The van der Waals surface area contributed by atoms with Gasteiger partial charge in [-0.25, -0.2) is 15.4 Å². The van der Waals surface area contributed by atoms with Crippen LogP contribution in [0.25, 0.3) is 0 Å². The van der Waals surface area contributed by atoms with E-state index in [-0.39, 0.29) is 5.69 Å². The fourth-order valence-electron chi connectivity index (χ4n) is 2.27. The molecule has 3 rings (SSSR count). The van der Waals surface area contributed by atoms with Crippen molar-refractivity contribution in [1.82, 2.24) is 15.1 Å². The molecule has 28 heavy (non-hydrogen) atoms. The first-order chi connectivity index (χ1) is 13.6. The van der Waals surface area contributed by atoms with Crippen molar-refractivity contribution in [2.45, 2.75) is 4.90 Å². The second-order valence-electron chi connectivity index (χ2n) is 5.52. The number of pyridine rings is 1. The third kappa shape index (κ3) is 5.38. The number of nitrogens with zero attached hydrogens (tertiary/aromatic N) is 2. The second-order valence-corrected chi connectivity index (χ2v) is 6.40. The molecule has 1 aromatic heterocycles. The summed E-state index contributed by atoms with van der Waals surface area (Å²) in [6.45, 7) is 0. The van der Waals surface area contributed by atoms with E-state index in [4.69, 9.17) is 5.21 Å². The lowest BCUT2D eigenvalue weighted by Crippen LogP contribution is -2.99. The van der Waals surface area contributed by atoms with Gasteiger partial charge in [-0.3, -0.25) is 9.71 Å². The molecule has 0 radical (unpaired) electrons. The van der Waals surface area contributed by atoms with Crippen LogP contribution in [0.2, 0.25) is 0 Å². The van der Waals surface area contributed by atoms with Gasteiger partial charge < -0.3 is 5.21 Å². The zero-order valence-electron chi connectivity index (χ0n) is 14.6. The zero-order chi connectivity index (χ0) is 19.8. The maximum absolute atomic E-state index is 12.1. The van der Waals surface area contributed by atoms with Gasteiger partial charge >= 0.3 is 6.03 Å². The Morgan fingerprint density at radius 1 is 1.04 bits per heavy atom. The number of hydrogen-bond acceptors (Lipinski definition) is 6. The first-order valence-electron chi connectivity index (χ1n) is 8.24. The standard InChI is InChI=1S/C19H17N5O3S/c25-19(23-28-16-11-9-15(10-12-16)24(26)27)22-21-18(14-6-2-1-3-7-14)17-8-4-5-13-20-17/h1-13,24,26H,(H2,22,23,25)/b21-18-. The second kappa shape index (κ2) is 9.62. The van der Waals surface area contributed by atoms with E-state index in [2.05, 4.69) is 20.2 Å². The molecule has 0 saturated heterocycles. The molecule has 9 heteroatoms. The molecule has 4 N–H and O–H groups in total.